The molecular formula is C4H3F3N2O5S2. The summed E-state index contributed by atoms with van der Waals surface area (Å²) in [5.41, 5.74) is -5.53. The van der Waals surface area contributed by atoms with Crippen molar-refractivity contribution in [1.82, 2.24) is 0 Å². The van der Waals surface area contributed by atoms with Gasteiger partial charge in [0.15, 0.2) is 0 Å². The van der Waals surface area contributed by atoms with E-state index in [2.05, 4.69) is 9.98 Å². The monoisotopic (exact) mass is 280 g/mol. The summed E-state index contributed by atoms with van der Waals surface area (Å²) < 4.78 is 77.4. The maximum Gasteiger partial charge on any atom is 0.522 e. The smallest absolute Gasteiger partial charge is 0.279 e. The second-order valence-electron chi connectivity index (χ2n) is 1.99. The molecule has 12 heteroatoms. The van der Waals surface area contributed by atoms with E-state index in [0.717, 1.165) is 0 Å². The second-order valence-corrected chi connectivity index (χ2v) is 4.24. The molecule has 0 saturated heterocycles. The van der Waals surface area contributed by atoms with E-state index in [1.165, 1.54) is 12.4 Å². The minimum atomic E-state index is -5.84. The minimum absolute atomic E-state index is 0.148. The van der Waals surface area contributed by atoms with Gasteiger partial charge in [0, 0.05) is 12.4 Å². The highest BCUT2D eigenvalue weighted by molar-refractivity contribution is 7.86. The Hall–Kier alpha value is -1.27. The van der Waals surface area contributed by atoms with E-state index in [4.69, 9.17) is 13.0 Å². The zero-order valence-corrected chi connectivity index (χ0v) is 8.71. The second kappa shape index (κ2) is 5.18. The molecule has 7 nitrogen and oxygen atoms in total. The molecule has 1 rings (SSSR count). The van der Waals surface area contributed by atoms with Gasteiger partial charge in [-0.1, -0.05) is 0 Å². The maximum absolute atomic E-state index is 10.7. The van der Waals surface area contributed by atoms with E-state index in [1.54, 1.807) is 0 Å². The SMILES string of the molecule is O=S(=O)(O)C(F)(F)F.O=S(=O)=C1N=CC=N1. The Balaban J connectivity index is 0.000000281. The number of halogens is 3. The lowest BCUT2D eigenvalue weighted by atomic mass is 10.9. The number of hydrogen-bond donors (Lipinski definition) is 1. The average molecular weight is 280 g/mol. The normalized spacial score (nSPS) is 14.6. The number of hydrogen-bond acceptors (Lipinski definition) is 4. The highest BCUT2D eigenvalue weighted by atomic mass is 32.2. The van der Waals surface area contributed by atoms with Crippen molar-refractivity contribution in [3.8, 4) is 0 Å². The number of aliphatic imine (C=N–C) groups is 2. The maximum atomic E-state index is 10.7. The molecule has 1 N–H and O–H groups in total. The van der Waals surface area contributed by atoms with E-state index in [-0.39, 0.29) is 5.11 Å². The molecular weight excluding hydrogens is 277 g/mol. The van der Waals surface area contributed by atoms with Crippen molar-refractivity contribution >= 4 is 38.0 Å². The first-order valence-corrected chi connectivity index (χ1v) is 5.64. The Kier molecular flexibility index (Phi) is 4.77. The molecule has 0 radical (unpaired) electrons. The summed E-state index contributed by atoms with van der Waals surface area (Å²) >= 11 is 0. The molecule has 16 heavy (non-hydrogen) atoms. The first-order valence-electron chi connectivity index (χ1n) is 3.12. The molecule has 0 fully saturated rings. The van der Waals surface area contributed by atoms with Crippen molar-refractivity contribution in [2.75, 3.05) is 0 Å². The molecule has 0 aromatic heterocycles. The van der Waals surface area contributed by atoms with Gasteiger partial charge in [-0.25, -0.2) is 9.98 Å². The van der Waals surface area contributed by atoms with E-state index in [9.17, 15) is 21.6 Å². The van der Waals surface area contributed by atoms with Crippen LogP contribution in [-0.2, 0) is 20.4 Å². The van der Waals surface area contributed by atoms with Crippen molar-refractivity contribution in [2.45, 2.75) is 5.51 Å². The minimum Gasteiger partial charge on any atom is -0.279 e. The lowest BCUT2D eigenvalue weighted by Crippen LogP contribution is -2.21. The zero-order valence-electron chi connectivity index (χ0n) is 7.08. The van der Waals surface area contributed by atoms with Gasteiger partial charge in [0.05, 0.1) is 0 Å². The van der Waals surface area contributed by atoms with Crippen molar-refractivity contribution < 1.29 is 34.6 Å². The summed E-state index contributed by atoms with van der Waals surface area (Å²) in [5.74, 6) is 0. The van der Waals surface area contributed by atoms with Crippen LogP contribution in [-0.4, -0.2) is 44.4 Å². The van der Waals surface area contributed by atoms with E-state index < -0.39 is 25.9 Å². The van der Waals surface area contributed by atoms with Gasteiger partial charge in [-0.05, 0) is 0 Å². The van der Waals surface area contributed by atoms with Crippen LogP contribution in [0.3, 0.4) is 0 Å². The quantitative estimate of drug-likeness (QED) is 0.365. The summed E-state index contributed by atoms with van der Waals surface area (Å²) in [7, 11) is -8.11. The van der Waals surface area contributed by atoms with Crippen molar-refractivity contribution in [3.63, 3.8) is 0 Å². The van der Waals surface area contributed by atoms with E-state index in [0.29, 0.717) is 0 Å². The zero-order chi connectivity index (χ0) is 13.0. The summed E-state index contributed by atoms with van der Waals surface area (Å²) in [4.78, 5) is 6.78. The Morgan fingerprint density at radius 2 is 1.50 bits per heavy atom. The van der Waals surface area contributed by atoms with E-state index in [1.807, 2.05) is 0 Å². The van der Waals surface area contributed by atoms with Crippen LogP contribution in [0.25, 0.3) is 0 Å². The lowest BCUT2D eigenvalue weighted by Gasteiger charge is -1.97. The van der Waals surface area contributed by atoms with Crippen LogP contribution in [0.15, 0.2) is 9.98 Å². The van der Waals surface area contributed by atoms with Crippen LogP contribution in [0.5, 0.6) is 0 Å². The Morgan fingerprint density at radius 1 is 1.19 bits per heavy atom. The molecule has 0 aromatic carbocycles. The van der Waals surface area contributed by atoms with Gasteiger partial charge in [-0.15, -0.1) is 0 Å². The highest BCUT2D eigenvalue weighted by Crippen LogP contribution is 2.20. The van der Waals surface area contributed by atoms with Crippen LogP contribution >= 0.6 is 0 Å². The standard InChI is InChI=1S/C3H2N2O2S.CHF3O3S/c6-8(7)3-4-1-2-5-3;2-1(3,4)8(5,6)7/h1-2H;(H,5,6,7). The molecule has 0 aliphatic carbocycles. The molecule has 0 unspecified atom stereocenters. The molecule has 1 heterocycles. The molecule has 0 saturated carbocycles. The van der Waals surface area contributed by atoms with Crippen LogP contribution in [0.4, 0.5) is 13.2 Å². The van der Waals surface area contributed by atoms with Gasteiger partial charge in [-0.3, -0.25) is 4.55 Å². The van der Waals surface area contributed by atoms with Gasteiger partial charge in [0.1, 0.15) is 0 Å². The first kappa shape index (κ1) is 14.7. The first-order chi connectivity index (χ1) is 7.05. The average Bonchev–Trinajstić information content (AvgIpc) is 2.51. The molecule has 0 atom stereocenters. The van der Waals surface area contributed by atoms with Crippen LogP contribution in [0, 0.1) is 0 Å². The topological polar surface area (TPSA) is 113 Å². The Morgan fingerprint density at radius 3 is 1.62 bits per heavy atom. The molecule has 0 spiro atoms. The van der Waals surface area contributed by atoms with Crippen LogP contribution < -0.4 is 0 Å². The van der Waals surface area contributed by atoms with Crippen LogP contribution in [0.1, 0.15) is 0 Å². The van der Waals surface area contributed by atoms with Gasteiger partial charge in [0.25, 0.3) is 15.4 Å². The molecule has 0 bridgehead atoms. The number of nitrogens with zero attached hydrogens (tertiary/aromatic N) is 2. The third kappa shape index (κ3) is 4.99. The Bertz CT molecular complexity index is 519. The highest BCUT2D eigenvalue weighted by Gasteiger charge is 2.44. The summed E-state index contributed by atoms with van der Waals surface area (Å²) in [6.45, 7) is 0. The molecule has 92 valence electrons. The van der Waals surface area contributed by atoms with E-state index >= 15 is 0 Å². The van der Waals surface area contributed by atoms with Gasteiger partial charge in [0.2, 0.25) is 0 Å². The van der Waals surface area contributed by atoms with Crippen LogP contribution in [0.2, 0.25) is 0 Å². The third-order valence-corrected chi connectivity index (χ3v) is 1.97. The predicted octanol–water partition coefficient (Wildman–Crippen LogP) is -0.498. The lowest BCUT2D eigenvalue weighted by molar-refractivity contribution is -0.0510. The van der Waals surface area contributed by atoms with Gasteiger partial charge < -0.3 is 0 Å². The number of alkyl halides is 3. The fourth-order valence-electron chi connectivity index (χ4n) is 0.314. The van der Waals surface area contributed by atoms with Crippen molar-refractivity contribution in [2.24, 2.45) is 9.98 Å². The molecule has 1 aliphatic rings. The summed E-state index contributed by atoms with van der Waals surface area (Å²) in [6.07, 6.45) is 2.65. The fraction of sp³-hybridized carbons (Fsp3) is 0.250. The van der Waals surface area contributed by atoms with Gasteiger partial charge >= 0.3 is 15.6 Å². The third-order valence-electron chi connectivity index (χ3n) is 0.878. The Labute approximate surface area is 88.6 Å². The van der Waals surface area contributed by atoms with Crippen molar-refractivity contribution in [1.29, 1.82) is 0 Å². The summed E-state index contributed by atoms with van der Waals surface area (Å²) in [5, 5.41) is -0.148. The molecule has 0 amide bonds. The largest absolute Gasteiger partial charge is 0.522 e. The molecule has 1 aliphatic heterocycles. The fourth-order valence-corrected chi connectivity index (χ4v) is 0.607. The number of rotatable bonds is 0. The van der Waals surface area contributed by atoms with Gasteiger partial charge in [-0.2, -0.15) is 30.0 Å². The molecule has 0 aromatic rings. The predicted molar refractivity (Wildman–Crippen MR) is 48.5 cm³/mol. The van der Waals surface area contributed by atoms with Crippen molar-refractivity contribution in [3.05, 3.63) is 0 Å². The summed E-state index contributed by atoms with van der Waals surface area (Å²) in [6, 6.07) is 0.